The Kier molecular flexibility index (Phi) is 11.7. The van der Waals surface area contributed by atoms with Gasteiger partial charge in [0.05, 0.1) is 0 Å². The summed E-state index contributed by atoms with van der Waals surface area (Å²) in [5.74, 6) is -3.40. The van der Waals surface area contributed by atoms with Gasteiger partial charge in [0.15, 0.2) is 0 Å². The molecule has 1 saturated carbocycles. The number of unbranched alkanes of at least 4 members (excludes halogenated alkanes) is 4. The van der Waals surface area contributed by atoms with Gasteiger partial charge in [-0.1, -0.05) is 57.4 Å². The summed E-state index contributed by atoms with van der Waals surface area (Å²) in [6.07, 6.45) is 18.5. The Labute approximate surface area is 170 Å². The lowest BCUT2D eigenvalue weighted by Crippen LogP contribution is -2.44. The third-order valence-electron chi connectivity index (χ3n) is 6.06. The minimum Gasteiger partial charge on any atom is -0.477 e. The van der Waals surface area contributed by atoms with E-state index in [9.17, 15) is 15.0 Å². The molecule has 0 amide bonds. The van der Waals surface area contributed by atoms with Crippen LogP contribution in [0.3, 0.4) is 0 Å². The maximum atomic E-state index is 10.9. The van der Waals surface area contributed by atoms with Crippen molar-refractivity contribution in [3.8, 4) is 0 Å². The Hall–Kier alpha value is -1.17. The SMILES string of the molecule is CCCCCC/C=C/[C@@H]1[C@@H](C/C=C\CC(C)C(O)(O)C(=O)O)CC[C@H]1COC. The number of hydrogen-bond donors (Lipinski definition) is 3. The topological polar surface area (TPSA) is 87.0 Å². The number of carbonyl (C=O) groups is 1. The van der Waals surface area contributed by atoms with Crippen LogP contribution in [0.4, 0.5) is 0 Å². The Morgan fingerprint density at radius 2 is 1.86 bits per heavy atom. The number of carboxylic acids is 1. The largest absolute Gasteiger partial charge is 0.477 e. The molecule has 5 nitrogen and oxygen atoms in total. The molecule has 1 aliphatic carbocycles. The Morgan fingerprint density at radius 1 is 1.14 bits per heavy atom. The second-order valence-electron chi connectivity index (χ2n) is 8.28. The molecule has 0 aromatic rings. The molecule has 0 aromatic carbocycles. The van der Waals surface area contributed by atoms with E-state index in [1.54, 1.807) is 7.11 Å². The maximum Gasteiger partial charge on any atom is 0.364 e. The first-order chi connectivity index (χ1) is 13.3. The van der Waals surface area contributed by atoms with Crippen molar-refractivity contribution < 1.29 is 24.9 Å². The van der Waals surface area contributed by atoms with E-state index in [-0.39, 0.29) is 0 Å². The van der Waals surface area contributed by atoms with Gasteiger partial charge in [-0.2, -0.15) is 0 Å². The zero-order valence-corrected chi connectivity index (χ0v) is 17.8. The maximum absolute atomic E-state index is 10.9. The second kappa shape index (κ2) is 13.1. The molecule has 28 heavy (non-hydrogen) atoms. The van der Waals surface area contributed by atoms with E-state index in [2.05, 4.69) is 25.2 Å². The van der Waals surface area contributed by atoms with Crippen molar-refractivity contribution in [2.24, 2.45) is 23.7 Å². The number of allylic oxidation sites excluding steroid dienone is 4. The zero-order valence-electron chi connectivity index (χ0n) is 17.8. The first-order valence-corrected chi connectivity index (χ1v) is 10.8. The van der Waals surface area contributed by atoms with Crippen LogP contribution >= 0.6 is 0 Å². The predicted octanol–water partition coefficient (Wildman–Crippen LogP) is 4.54. The summed E-state index contributed by atoms with van der Waals surface area (Å²) in [6.45, 7) is 4.55. The van der Waals surface area contributed by atoms with Crippen molar-refractivity contribution in [3.05, 3.63) is 24.3 Å². The van der Waals surface area contributed by atoms with Crippen molar-refractivity contribution in [2.45, 2.75) is 77.4 Å². The van der Waals surface area contributed by atoms with Crippen molar-refractivity contribution in [1.82, 2.24) is 0 Å². The van der Waals surface area contributed by atoms with Gasteiger partial charge in [0.25, 0.3) is 5.79 Å². The molecular formula is C23H40O5. The van der Waals surface area contributed by atoms with Crippen LogP contribution in [0.5, 0.6) is 0 Å². The van der Waals surface area contributed by atoms with Crippen molar-refractivity contribution in [2.75, 3.05) is 13.7 Å². The monoisotopic (exact) mass is 396 g/mol. The molecule has 0 aromatic heterocycles. The van der Waals surface area contributed by atoms with E-state index >= 15 is 0 Å². The first-order valence-electron chi connectivity index (χ1n) is 10.8. The zero-order chi connectivity index (χ0) is 21.0. The predicted molar refractivity (Wildman–Crippen MR) is 112 cm³/mol. The van der Waals surface area contributed by atoms with E-state index < -0.39 is 17.7 Å². The number of aliphatic carboxylic acids is 1. The minimum absolute atomic E-state index is 0.325. The summed E-state index contributed by atoms with van der Waals surface area (Å²) in [6, 6.07) is 0. The van der Waals surface area contributed by atoms with Crippen LogP contribution in [0, 0.1) is 23.7 Å². The molecule has 1 fully saturated rings. The highest BCUT2D eigenvalue weighted by Gasteiger charge is 2.39. The van der Waals surface area contributed by atoms with Gasteiger partial charge in [-0.15, -0.1) is 0 Å². The Morgan fingerprint density at radius 3 is 2.50 bits per heavy atom. The average molecular weight is 397 g/mol. The third-order valence-corrected chi connectivity index (χ3v) is 6.06. The summed E-state index contributed by atoms with van der Waals surface area (Å²) in [4.78, 5) is 10.9. The molecule has 162 valence electrons. The fraction of sp³-hybridized carbons (Fsp3) is 0.783. The van der Waals surface area contributed by atoms with Crippen LogP contribution in [0.25, 0.3) is 0 Å². The van der Waals surface area contributed by atoms with Crippen LogP contribution in [0.15, 0.2) is 24.3 Å². The number of aliphatic hydroxyl groups is 2. The summed E-state index contributed by atoms with van der Waals surface area (Å²) >= 11 is 0. The highest BCUT2D eigenvalue weighted by Crippen LogP contribution is 2.40. The molecule has 0 saturated heterocycles. The Bertz CT molecular complexity index is 497. The van der Waals surface area contributed by atoms with E-state index in [1.807, 2.05) is 6.08 Å². The first kappa shape index (κ1) is 24.9. The fourth-order valence-electron chi connectivity index (χ4n) is 4.08. The van der Waals surface area contributed by atoms with Gasteiger partial charge >= 0.3 is 5.97 Å². The molecule has 1 rings (SSSR count). The number of ether oxygens (including phenoxy) is 1. The van der Waals surface area contributed by atoms with Crippen molar-refractivity contribution in [1.29, 1.82) is 0 Å². The molecule has 1 aliphatic rings. The number of hydrogen-bond acceptors (Lipinski definition) is 4. The lowest BCUT2D eigenvalue weighted by atomic mass is 9.86. The van der Waals surface area contributed by atoms with Gasteiger partial charge in [0, 0.05) is 19.6 Å². The molecule has 0 radical (unpaired) electrons. The summed E-state index contributed by atoms with van der Waals surface area (Å²) in [5.41, 5.74) is 0. The molecule has 1 unspecified atom stereocenters. The van der Waals surface area contributed by atoms with Crippen molar-refractivity contribution >= 4 is 5.97 Å². The minimum atomic E-state index is -2.68. The number of carboxylic acid groups (broad SMARTS) is 1. The number of rotatable bonds is 14. The Balaban J connectivity index is 2.54. The van der Waals surface area contributed by atoms with E-state index in [0.717, 1.165) is 25.9 Å². The third kappa shape index (κ3) is 8.06. The highest BCUT2D eigenvalue weighted by atomic mass is 16.5. The summed E-state index contributed by atoms with van der Waals surface area (Å²) in [7, 11) is 1.76. The highest BCUT2D eigenvalue weighted by molar-refractivity contribution is 5.75. The van der Waals surface area contributed by atoms with Gasteiger partial charge in [0.2, 0.25) is 0 Å². The van der Waals surface area contributed by atoms with Crippen LogP contribution in [-0.2, 0) is 9.53 Å². The lowest BCUT2D eigenvalue weighted by molar-refractivity contribution is -0.219. The van der Waals surface area contributed by atoms with Crippen molar-refractivity contribution in [3.63, 3.8) is 0 Å². The van der Waals surface area contributed by atoms with Gasteiger partial charge < -0.3 is 20.1 Å². The van der Waals surface area contributed by atoms with Gasteiger partial charge in [-0.3, -0.25) is 0 Å². The average Bonchev–Trinajstić information content (AvgIpc) is 3.03. The van der Waals surface area contributed by atoms with E-state index in [1.165, 1.54) is 39.0 Å². The molecule has 4 atom stereocenters. The van der Waals surface area contributed by atoms with Gasteiger partial charge in [-0.25, -0.2) is 4.79 Å². The summed E-state index contributed by atoms with van der Waals surface area (Å²) in [5, 5.41) is 28.0. The normalized spacial score (nSPS) is 24.4. The van der Waals surface area contributed by atoms with E-state index in [4.69, 9.17) is 9.84 Å². The molecule has 5 heteroatoms. The molecule has 0 spiro atoms. The van der Waals surface area contributed by atoms with Crippen LogP contribution in [0.1, 0.15) is 71.6 Å². The molecule has 0 bridgehead atoms. The van der Waals surface area contributed by atoms with Crippen LogP contribution < -0.4 is 0 Å². The van der Waals surface area contributed by atoms with Gasteiger partial charge in [0.1, 0.15) is 0 Å². The van der Waals surface area contributed by atoms with Crippen LogP contribution in [-0.4, -0.2) is 40.8 Å². The lowest BCUT2D eigenvalue weighted by Gasteiger charge is -2.23. The van der Waals surface area contributed by atoms with E-state index in [0.29, 0.717) is 24.2 Å². The standard InChI is InChI=1S/C23H40O5/c1-4-5-6-7-8-9-14-21-19(15-16-20(21)17-28-3)13-11-10-12-18(2)23(26,27)22(24)25/h9-11,14,18-21,26-27H,4-8,12-13,15-17H2,1-3H3,(H,24,25)/b11-10-,14-9+/t18?,19-,20-,21+/m0/s1. The molecular weight excluding hydrogens is 356 g/mol. The quantitative estimate of drug-likeness (QED) is 0.228. The van der Waals surface area contributed by atoms with Crippen LogP contribution in [0.2, 0.25) is 0 Å². The smallest absolute Gasteiger partial charge is 0.364 e. The second-order valence-corrected chi connectivity index (χ2v) is 8.28. The number of methoxy groups -OCH3 is 1. The van der Waals surface area contributed by atoms with Gasteiger partial charge in [-0.05, 0) is 56.3 Å². The fourth-order valence-corrected chi connectivity index (χ4v) is 4.08. The molecule has 0 heterocycles. The molecule has 3 N–H and O–H groups in total. The molecule has 0 aliphatic heterocycles. The summed E-state index contributed by atoms with van der Waals surface area (Å²) < 4.78 is 5.42.